The van der Waals surface area contributed by atoms with Gasteiger partial charge in [0.05, 0.1) is 21.3 Å². The fourth-order valence-corrected chi connectivity index (χ4v) is 3.90. The van der Waals surface area contributed by atoms with Gasteiger partial charge < -0.3 is 18.6 Å². The number of thioether (sulfide) groups is 1. The fraction of sp³-hybridized carbons (Fsp3) is 0.360. The highest BCUT2D eigenvalue weighted by atomic mass is 32.2. The van der Waals surface area contributed by atoms with Crippen LogP contribution >= 0.6 is 11.8 Å². The maximum Gasteiger partial charge on any atom is 0.276 e. The van der Waals surface area contributed by atoms with Crippen LogP contribution < -0.4 is 19.5 Å². The van der Waals surface area contributed by atoms with Crippen molar-refractivity contribution in [2.75, 3.05) is 27.1 Å². The molecule has 186 valence electrons. The third-order valence-corrected chi connectivity index (χ3v) is 5.96. The Morgan fingerprint density at radius 2 is 1.60 bits per heavy atom. The van der Waals surface area contributed by atoms with Crippen molar-refractivity contribution in [3.05, 3.63) is 47.5 Å². The monoisotopic (exact) mass is 499 g/mol. The smallest absolute Gasteiger partial charge is 0.276 e. The number of nitrogens with one attached hydrogen (secondary N) is 1. The molecule has 0 saturated heterocycles. The van der Waals surface area contributed by atoms with Crippen LogP contribution in [0.25, 0.3) is 11.5 Å². The fourth-order valence-electron chi connectivity index (χ4n) is 3.20. The molecule has 35 heavy (non-hydrogen) atoms. The second-order valence-corrected chi connectivity index (χ2v) is 9.64. The van der Waals surface area contributed by atoms with Crippen LogP contribution in [0.5, 0.6) is 17.2 Å². The molecule has 0 bridgehead atoms. The zero-order valence-corrected chi connectivity index (χ0v) is 21.4. The molecule has 10 heteroatoms. The van der Waals surface area contributed by atoms with Gasteiger partial charge in [0.15, 0.2) is 11.5 Å². The van der Waals surface area contributed by atoms with Crippen LogP contribution in [-0.4, -0.2) is 49.1 Å². The molecule has 0 atom stereocenters. The van der Waals surface area contributed by atoms with Gasteiger partial charge in [-0.05, 0) is 35.2 Å². The van der Waals surface area contributed by atoms with E-state index in [4.69, 9.17) is 18.6 Å². The molecule has 0 saturated carbocycles. The molecule has 0 fully saturated rings. The lowest BCUT2D eigenvalue weighted by Crippen LogP contribution is -2.30. The highest BCUT2D eigenvalue weighted by molar-refractivity contribution is 7.99. The van der Waals surface area contributed by atoms with Gasteiger partial charge in [-0.2, -0.15) is 0 Å². The minimum absolute atomic E-state index is 0.0117. The topological polar surface area (TPSA) is 113 Å². The standard InChI is InChI=1S/C25H29N3O6S/c1-25(2,3)17-9-7-15(8-10-17)22(30)26-20(29)11-12-35-24-28-27-23(34-24)16-13-18(31-4)21(33-6)19(14-16)32-5/h7-10,13-14H,11-12H2,1-6H3,(H,26,29,30). The van der Waals surface area contributed by atoms with Crippen molar-refractivity contribution in [3.8, 4) is 28.7 Å². The molecule has 1 heterocycles. The molecule has 3 aromatic rings. The first-order valence-corrected chi connectivity index (χ1v) is 11.9. The molecule has 0 aliphatic carbocycles. The first-order chi connectivity index (χ1) is 16.7. The van der Waals surface area contributed by atoms with Crippen molar-refractivity contribution >= 4 is 23.6 Å². The number of ether oxygens (including phenoxy) is 3. The molecule has 1 aromatic heterocycles. The summed E-state index contributed by atoms with van der Waals surface area (Å²) in [4.78, 5) is 24.6. The van der Waals surface area contributed by atoms with Crippen molar-refractivity contribution in [1.82, 2.24) is 15.5 Å². The minimum Gasteiger partial charge on any atom is -0.493 e. The van der Waals surface area contributed by atoms with Gasteiger partial charge in [0, 0.05) is 23.3 Å². The molecule has 3 rings (SSSR count). The number of hydrogen-bond donors (Lipinski definition) is 1. The van der Waals surface area contributed by atoms with E-state index < -0.39 is 5.91 Å². The Morgan fingerprint density at radius 1 is 0.971 bits per heavy atom. The first kappa shape index (κ1) is 26.1. The van der Waals surface area contributed by atoms with Gasteiger partial charge in [0.1, 0.15) is 0 Å². The van der Waals surface area contributed by atoms with E-state index in [-0.39, 0.29) is 23.6 Å². The van der Waals surface area contributed by atoms with Gasteiger partial charge >= 0.3 is 0 Å². The number of benzene rings is 2. The molecular formula is C25H29N3O6S. The summed E-state index contributed by atoms with van der Waals surface area (Å²) in [5.74, 6) is 1.20. The van der Waals surface area contributed by atoms with Crippen molar-refractivity contribution in [2.24, 2.45) is 0 Å². The van der Waals surface area contributed by atoms with Gasteiger partial charge in [0.25, 0.3) is 11.1 Å². The Labute approximate surface area is 208 Å². The minimum atomic E-state index is -0.428. The lowest BCUT2D eigenvalue weighted by Gasteiger charge is -2.18. The van der Waals surface area contributed by atoms with Gasteiger partial charge in [-0.15, -0.1) is 10.2 Å². The number of imide groups is 1. The van der Waals surface area contributed by atoms with E-state index in [1.54, 1.807) is 24.3 Å². The second kappa shape index (κ2) is 11.3. The third-order valence-electron chi connectivity index (χ3n) is 5.14. The first-order valence-electron chi connectivity index (χ1n) is 10.9. The van der Waals surface area contributed by atoms with E-state index in [0.29, 0.717) is 39.4 Å². The second-order valence-electron chi connectivity index (χ2n) is 8.59. The third kappa shape index (κ3) is 6.54. The van der Waals surface area contributed by atoms with E-state index in [9.17, 15) is 9.59 Å². The number of amides is 2. The van der Waals surface area contributed by atoms with Crippen LogP contribution in [-0.2, 0) is 10.2 Å². The maximum atomic E-state index is 12.4. The largest absolute Gasteiger partial charge is 0.493 e. The van der Waals surface area contributed by atoms with Crippen molar-refractivity contribution in [3.63, 3.8) is 0 Å². The highest BCUT2D eigenvalue weighted by Gasteiger charge is 2.19. The number of carbonyl (C=O) groups is 2. The summed E-state index contributed by atoms with van der Waals surface area (Å²) in [5.41, 5.74) is 2.13. The zero-order chi connectivity index (χ0) is 25.6. The van der Waals surface area contributed by atoms with Gasteiger partial charge in [-0.1, -0.05) is 44.7 Å². The van der Waals surface area contributed by atoms with Gasteiger partial charge in [-0.25, -0.2) is 0 Å². The van der Waals surface area contributed by atoms with Crippen LogP contribution in [0, 0.1) is 0 Å². The zero-order valence-electron chi connectivity index (χ0n) is 20.6. The number of rotatable bonds is 9. The number of methoxy groups -OCH3 is 3. The number of carbonyl (C=O) groups excluding carboxylic acids is 2. The highest BCUT2D eigenvalue weighted by Crippen LogP contribution is 2.41. The summed E-state index contributed by atoms with van der Waals surface area (Å²) < 4.78 is 21.7. The summed E-state index contributed by atoms with van der Waals surface area (Å²) in [6.07, 6.45) is 0.110. The molecule has 2 aromatic carbocycles. The molecule has 9 nitrogen and oxygen atoms in total. The SMILES string of the molecule is COc1cc(-c2nnc(SCCC(=O)NC(=O)c3ccc(C(C)(C)C)cc3)o2)cc(OC)c1OC. The molecule has 1 N–H and O–H groups in total. The number of nitrogens with zero attached hydrogens (tertiary/aromatic N) is 2. The quantitative estimate of drug-likeness (QED) is 0.425. The average molecular weight is 500 g/mol. The van der Waals surface area contributed by atoms with Crippen LogP contribution in [0.4, 0.5) is 0 Å². The lowest BCUT2D eigenvalue weighted by molar-refractivity contribution is -0.119. The Kier molecular flexibility index (Phi) is 8.39. The lowest BCUT2D eigenvalue weighted by atomic mass is 9.87. The molecule has 2 amide bonds. The molecule has 0 aliphatic heterocycles. The molecule has 0 spiro atoms. The van der Waals surface area contributed by atoms with E-state index in [1.165, 1.54) is 33.1 Å². The van der Waals surface area contributed by atoms with Gasteiger partial charge in [0.2, 0.25) is 17.5 Å². The van der Waals surface area contributed by atoms with Crippen molar-refractivity contribution < 1.29 is 28.2 Å². The van der Waals surface area contributed by atoms with Crippen LogP contribution in [0.2, 0.25) is 0 Å². The van der Waals surface area contributed by atoms with Crippen molar-refractivity contribution in [1.29, 1.82) is 0 Å². The Balaban J connectivity index is 1.55. The normalized spacial score (nSPS) is 11.1. The predicted octanol–water partition coefficient (Wildman–Crippen LogP) is 4.50. The average Bonchev–Trinajstić information content (AvgIpc) is 3.31. The summed E-state index contributed by atoms with van der Waals surface area (Å²) in [6.45, 7) is 6.29. The Bertz CT molecular complexity index is 1160. The molecular weight excluding hydrogens is 470 g/mol. The van der Waals surface area contributed by atoms with Crippen LogP contribution in [0.1, 0.15) is 43.1 Å². The van der Waals surface area contributed by atoms with Crippen molar-refractivity contribution in [2.45, 2.75) is 37.8 Å². The van der Waals surface area contributed by atoms with E-state index in [1.807, 2.05) is 12.1 Å². The number of hydrogen-bond acceptors (Lipinski definition) is 9. The molecule has 0 radical (unpaired) electrons. The van der Waals surface area contributed by atoms with Crippen LogP contribution in [0.3, 0.4) is 0 Å². The Hall–Kier alpha value is -3.53. The van der Waals surface area contributed by atoms with E-state index >= 15 is 0 Å². The summed E-state index contributed by atoms with van der Waals surface area (Å²) in [6, 6.07) is 10.7. The van der Waals surface area contributed by atoms with Crippen LogP contribution in [0.15, 0.2) is 46.0 Å². The molecule has 0 aliphatic rings. The number of aromatic nitrogens is 2. The van der Waals surface area contributed by atoms with E-state index in [0.717, 1.165) is 5.56 Å². The Morgan fingerprint density at radius 3 is 2.14 bits per heavy atom. The van der Waals surface area contributed by atoms with Gasteiger partial charge in [-0.3, -0.25) is 14.9 Å². The predicted molar refractivity (Wildman–Crippen MR) is 132 cm³/mol. The molecule has 0 unspecified atom stereocenters. The summed E-state index contributed by atoms with van der Waals surface area (Å²) in [5, 5.41) is 10.8. The summed E-state index contributed by atoms with van der Waals surface area (Å²) >= 11 is 1.22. The summed E-state index contributed by atoms with van der Waals surface area (Å²) in [7, 11) is 4.56. The van der Waals surface area contributed by atoms with E-state index in [2.05, 4.69) is 36.3 Å². The maximum absolute atomic E-state index is 12.4.